The van der Waals surface area contributed by atoms with Crippen LogP contribution in [0.15, 0.2) is 36.4 Å². The van der Waals surface area contributed by atoms with E-state index in [2.05, 4.69) is 15.8 Å². The lowest BCUT2D eigenvalue weighted by Crippen LogP contribution is -2.31. The molecule has 16 heavy (non-hydrogen) atoms. The number of rotatable bonds is 3. The lowest BCUT2D eigenvalue weighted by atomic mass is 10.2. The molecule has 1 aromatic heterocycles. The van der Waals surface area contributed by atoms with Gasteiger partial charge in [0.25, 0.3) is 5.91 Å². The lowest BCUT2D eigenvalue weighted by Gasteiger charge is -2.06. The first kappa shape index (κ1) is 10.4. The molecule has 5 nitrogen and oxygen atoms in total. The number of aromatic nitrogens is 1. The summed E-state index contributed by atoms with van der Waals surface area (Å²) in [5.41, 5.74) is 5.77. The molecule has 1 heterocycles. The Bertz CT molecular complexity index is 513. The van der Waals surface area contributed by atoms with Crippen LogP contribution in [-0.2, 0) is 4.79 Å². The molecule has 3 N–H and O–H groups in total. The number of hydrogen-bond acceptors (Lipinski definition) is 4. The van der Waals surface area contributed by atoms with E-state index in [0.717, 1.165) is 10.9 Å². The first-order chi connectivity index (χ1) is 7.79. The van der Waals surface area contributed by atoms with Crippen LogP contribution < -0.4 is 10.9 Å². The molecule has 0 radical (unpaired) electrons. The van der Waals surface area contributed by atoms with Crippen molar-refractivity contribution in [3.8, 4) is 0 Å². The Morgan fingerprint density at radius 1 is 1.25 bits per heavy atom. The van der Waals surface area contributed by atoms with E-state index < -0.39 is 12.5 Å². The first-order valence-electron chi connectivity index (χ1n) is 4.81. The van der Waals surface area contributed by atoms with Crippen molar-refractivity contribution in [2.75, 3.05) is 12.0 Å². The molecular formula is C11H11N3O2. The third-order valence-corrected chi connectivity index (χ3v) is 2.07. The molecule has 0 atom stereocenters. The van der Waals surface area contributed by atoms with Crippen molar-refractivity contribution < 1.29 is 9.90 Å². The lowest BCUT2D eigenvalue weighted by molar-refractivity contribution is -0.123. The number of amides is 1. The van der Waals surface area contributed by atoms with E-state index in [0.29, 0.717) is 5.82 Å². The second kappa shape index (κ2) is 4.59. The van der Waals surface area contributed by atoms with Crippen molar-refractivity contribution in [3.63, 3.8) is 0 Å². The molecule has 1 aromatic carbocycles. The fraction of sp³-hybridized carbons (Fsp3) is 0.0909. The summed E-state index contributed by atoms with van der Waals surface area (Å²) in [5.74, 6) is 0.0236. The van der Waals surface area contributed by atoms with Gasteiger partial charge in [0, 0.05) is 5.39 Å². The molecule has 2 aromatic rings. The highest BCUT2D eigenvalue weighted by Gasteiger charge is 1.99. The average molecular weight is 217 g/mol. The Morgan fingerprint density at radius 3 is 2.88 bits per heavy atom. The molecule has 1 amide bonds. The van der Waals surface area contributed by atoms with Crippen molar-refractivity contribution in [2.24, 2.45) is 0 Å². The Labute approximate surface area is 92.1 Å². The van der Waals surface area contributed by atoms with Gasteiger partial charge in [0.15, 0.2) is 0 Å². The maximum Gasteiger partial charge on any atom is 0.264 e. The van der Waals surface area contributed by atoms with Gasteiger partial charge in [-0.3, -0.25) is 15.6 Å². The summed E-state index contributed by atoms with van der Waals surface area (Å²) < 4.78 is 0. The molecule has 0 fully saturated rings. The molecule has 0 aliphatic rings. The molecule has 0 spiro atoms. The molecule has 0 unspecified atom stereocenters. The van der Waals surface area contributed by atoms with Crippen LogP contribution in [0.5, 0.6) is 0 Å². The number of para-hydroxylation sites is 1. The minimum absolute atomic E-state index is 0.505. The summed E-state index contributed by atoms with van der Waals surface area (Å²) >= 11 is 0. The predicted octanol–water partition coefficient (Wildman–Crippen LogP) is 0.670. The van der Waals surface area contributed by atoms with Crippen molar-refractivity contribution in [1.82, 2.24) is 10.4 Å². The van der Waals surface area contributed by atoms with Gasteiger partial charge in [-0.15, -0.1) is 0 Å². The van der Waals surface area contributed by atoms with Crippen LogP contribution in [0, 0.1) is 0 Å². The standard InChI is InChI=1S/C11H11N3O2/c15-7-11(16)14-13-10-6-5-8-3-1-2-4-9(8)12-10/h1-6,15H,7H2,(H,12,13)(H,14,16). The summed E-state index contributed by atoms with van der Waals surface area (Å²) in [4.78, 5) is 15.1. The van der Waals surface area contributed by atoms with Crippen molar-refractivity contribution >= 4 is 22.6 Å². The zero-order chi connectivity index (χ0) is 11.4. The van der Waals surface area contributed by atoms with Crippen LogP contribution in [0.25, 0.3) is 10.9 Å². The Kier molecular flexibility index (Phi) is 2.98. The van der Waals surface area contributed by atoms with Crippen LogP contribution >= 0.6 is 0 Å². The maximum absolute atomic E-state index is 10.8. The van der Waals surface area contributed by atoms with Gasteiger partial charge in [0.2, 0.25) is 0 Å². The smallest absolute Gasteiger partial charge is 0.264 e. The SMILES string of the molecule is O=C(CO)NNc1ccc2ccccc2n1. The van der Waals surface area contributed by atoms with Crippen LogP contribution in [0.3, 0.4) is 0 Å². The van der Waals surface area contributed by atoms with Gasteiger partial charge in [-0.05, 0) is 18.2 Å². The Balaban J connectivity index is 2.16. The number of pyridine rings is 1. The number of benzene rings is 1. The van der Waals surface area contributed by atoms with E-state index in [1.54, 1.807) is 6.07 Å². The van der Waals surface area contributed by atoms with Gasteiger partial charge in [-0.1, -0.05) is 18.2 Å². The molecule has 0 bridgehead atoms. The number of anilines is 1. The van der Waals surface area contributed by atoms with E-state index in [9.17, 15) is 4.79 Å². The van der Waals surface area contributed by atoms with E-state index in [1.807, 2.05) is 30.3 Å². The number of aliphatic hydroxyl groups is 1. The fourth-order valence-electron chi connectivity index (χ4n) is 1.31. The van der Waals surface area contributed by atoms with E-state index in [-0.39, 0.29) is 0 Å². The number of hydrogen-bond donors (Lipinski definition) is 3. The van der Waals surface area contributed by atoms with Gasteiger partial charge in [-0.2, -0.15) is 0 Å². The zero-order valence-electron chi connectivity index (χ0n) is 8.47. The fourth-order valence-corrected chi connectivity index (χ4v) is 1.31. The molecule has 0 saturated heterocycles. The number of nitrogens with zero attached hydrogens (tertiary/aromatic N) is 1. The number of nitrogens with one attached hydrogen (secondary N) is 2. The van der Waals surface area contributed by atoms with E-state index >= 15 is 0 Å². The Hall–Kier alpha value is -2.14. The third-order valence-electron chi connectivity index (χ3n) is 2.07. The van der Waals surface area contributed by atoms with Gasteiger partial charge < -0.3 is 5.11 Å². The van der Waals surface area contributed by atoms with Crippen LogP contribution in [0.2, 0.25) is 0 Å². The largest absolute Gasteiger partial charge is 0.386 e. The average Bonchev–Trinajstić information content (AvgIpc) is 2.35. The number of fused-ring (bicyclic) bond motifs is 1. The van der Waals surface area contributed by atoms with Crippen LogP contribution in [0.4, 0.5) is 5.82 Å². The van der Waals surface area contributed by atoms with Crippen LogP contribution in [0.1, 0.15) is 0 Å². The molecule has 2 rings (SSSR count). The first-order valence-corrected chi connectivity index (χ1v) is 4.81. The van der Waals surface area contributed by atoms with Crippen molar-refractivity contribution in [1.29, 1.82) is 0 Å². The summed E-state index contributed by atoms with van der Waals surface area (Å²) in [6.45, 7) is -0.555. The summed E-state index contributed by atoms with van der Waals surface area (Å²) in [6, 6.07) is 11.3. The number of carbonyl (C=O) groups is 1. The van der Waals surface area contributed by atoms with E-state index in [1.165, 1.54) is 0 Å². The molecule has 82 valence electrons. The van der Waals surface area contributed by atoms with Gasteiger partial charge in [-0.25, -0.2) is 4.98 Å². The quantitative estimate of drug-likeness (QED) is 0.661. The van der Waals surface area contributed by atoms with E-state index in [4.69, 9.17) is 5.11 Å². The summed E-state index contributed by atoms with van der Waals surface area (Å²) in [7, 11) is 0. The van der Waals surface area contributed by atoms with Crippen LogP contribution in [-0.4, -0.2) is 22.6 Å². The molecular weight excluding hydrogens is 206 g/mol. The maximum atomic E-state index is 10.8. The van der Waals surface area contributed by atoms with Gasteiger partial charge in [0.1, 0.15) is 12.4 Å². The predicted molar refractivity (Wildman–Crippen MR) is 60.6 cm³/mol. The number of aliphatic hydroxyl groups excluding tert-OH is 1. The van der Waals surface area contributed by atoms with Crippen molar-refractivity contribution in [2.45, 2.75) is 0 Å². The zero-order valence-corrected chi connectivity index (χ0v) is 8.47. The number of carbonyl (C=O) groups excluding carboxylic acids is 1. The number of hydrazine groups is 1. The third kappa shape index (κ3) is 2.26. The summed E-state index contributed by atoms with van der Waals surface area (Å²) in [6.07, 6.45) is 0. The highest BCUT2D eigenvalue weighted by Crippen LogP contribution is 2.13. The topological polar surface area (TPSA) is 74.2 Å². The molecule has 0 aliphatic heterocycles. The highest BCUT2D eigenvalue weighted by molar-refractivity contribution is 5.81. The molecule has 0 saturated carbocycles. The van der Waals surface area contributed by atoms with Gasteiger partial charge in [0.05, 0.1) is 5.52 Å². The Morgan fingerprint density at radius 2 is 2.06 bits per heavy atom. The highest BCUT2D eigenvalue weighted by atomic mass is 16.3. The molecule has 5 heteroatoms. The monoisotopic (exact) mass is 217 g/mol. The second-order valence-electron chi connectivity index (χ2n) is 3.22. The minimum atomic E-state index is -0.555. The second-order valence-corrected chi connectivity index (χ2v) is 3.22. The van der Waals surface area contributed by atoms with Crippen molar-refractivity contribution in [3.05, 3.63) is 36.4 Å². The van der Waals surface area contributed by atoms with Gasteiger partial charge >= 0.3 is 0 Å². The normalized spacial score (nSPS) is 10.1. The summed E-state index contributed by atoms with van der Waals surface area (Å²) in [5, 5.41) is 9.54. The molecule has 0 aliphatic carbocycles. The minimum Gasteiger partial charge on any atom is -0.386 e.